The fourth-order valence-corrected chi connectivity index (χ4v) is 6.35. The standard InChI is InChI=1S/C22H24Cl2F3N5O5S2/c1-6-9-32(5)19(33)15-16(38-18(28-15)17-29-30-20(37-17)21(3,4)34)11-7-8-12(14(24)13(11)23)39(35,36)31-10(2)22(25,26)27/h7-8,10,31,34H,6,9H2,1-5H3. The van der Waals surface area contributed by atoms with Gasteiger partial charge in [0.25, 0.3) is 11.8 Å². The highest BCUT2D eigenvalue weighted by Crippen LogP contribution is 2.43. The van der Waals surface area contributed by atoms with E-state index in [1.165, 1.54) is 29.5 Å². The van der Waals surface area contributed by atoms with Crippen molar-refractivity contribution in [3.63, 3.8) is 0 Å². The zero-order chi connectivity index (χ0) is 29.5. The summed E-state index contributed by atoms with van der Waals surface area (Å²) in [5, 5.41) is 17.1. The Morgan fingerprint density at radius 2 is 1.87 bits per heavy atom. The Morgan fingerprint density at radius 1 is 1.23 bits per heavy atom. The van der Waals surface area contributed by atoms with Gasteiger partial charge in [0, 0.05) is 19.2 Å². The molecule has 214 valence electrons. The number of aliphatic hydroxyl groups is 1. The maximum atomic E-state index is 13.3. The molecular weight excluding hydrogens is 606 g/mol. The van der Waals surface area contributed by atoms with Crippen LogP contribution in [0.4, 0.5) is 13.2 Å². The number of halogens is 5. The van der Waals surface area contributed by atoms with Crippen molar-refractivity contribution in [3.8, 4) is 21.3 Å². The number of benzene rings is 1. The molecular formula is C22H24Cl2F3N5O5S2. The number of hydrogen-bond donors (Lipinski definition) is 2. The predicted octanol–water partition coefficient (Wildman–Crippen LogP) is 5.11. The van der Waals surface area contributed by atoms with Crippen LogP contribution in [-0.4, -0.2) is 65.3 Å². The monoisotopic (exact) mass is 629 g/mol. The third-order valence-electron chi connectivity index (χ3n) is 5.27. The lowest BCUT2D eigenvalue weighted by Gasteiger charge is -2.19. The Balaban J connectivity index is 2.15. The average molecular weight is 630 g/mol. The van der Waals surface area contributed by atoms with E-state index in [2.05, 4.69) is 15.2 Å². The van der Waals surface area contributed by atoms with Crippen molar-refractivity contribution in [2.45, 2.75) is 56.8 Å². The fraction of sp³-hybridized carbons (Fsp3) is 0.455. The Morgan fingerprint density at radius 3 is 2.41 bits per heavy atom. The zero-order valence-electron chi connectivity index (χ0n) is 21.2. The van der Waals surface area contributed by atoms with E-state index < -0.39 is 43.7 Å². The Hall–Kier alpha value is -2.30. The molecule has 2 N–H and O–H groups in total. The maximum Gasteiger partial charge on any atom is 0.404 e. The molecule has 0 saturated carbocycles. The number of sulfonamides is 1. The second-order valence-electron chi connectivity index (χ2n) is 9.02. The molecule has 0 saturated heterocycles. The minimum atomic E-state index is -4.83. The summed E-state index contributed by atoms with van der Waals surface area (Å²) in [6.45, 7) is 5.79. The number of thiazole rings is 1. The molecule has 1 atom stereocenters. The normalized spacial score (nSPS) is 13.5. The molecule has 0 aliphatic rings. The lowest BCUT2D eigenvalue weighted by atomic mass is 10.1. The second kappa shape index (κ2) is 11.3. The number of rotatable bonds is 9. The predicted molar refractivity (Wildman–Crippen MR) is 139 cm³/mol. The van der Waals surface area contributed by atoms with Crippen LogP contribution in [0.1, 0.15) is 50.5 Å². The van der Waals surface area contributed by atoms with Gasteiger partial charge < -0.3 is 14.4 Å². The van der Waals surface area contributed by atoms with Crippen LogP contribution in [0.5, 0.6) is 0 Å². The quantitative estimate of drug-likeness (QED) is 0.333. The van der Waals surface area contributed by atoms with E-state index >= 15 is 0 Å². The van der Waals surface area contributed by atoms with Gasteiger partial charge in [-0.25, -0.2) is 13.4 Å². The number of carbonyl (C=O) groups excluding carboxylic acids is 1. The lowest BCUT2D eigenvalue weighted by Crippen LogP contribution is -2.43. The van der Waals surface area contributed by atoms with Gasteiger partial charge in [0.2, 0.25) is 15.9 Å². The van der Waals surface area contributed by atoms with Gasteiger partial charge in [0.15, 0.2) is 5.01 Å². The van der Waals surface area contributed by atoms with Gasteiger partial charge in [-0.1, -0.05) is 36.2 Å². The molecule has 0 spiro atoms. The van der Waals surface area contributed by atoms with Crippen LogP contribution in [0, 0.1) is 0 Å². The van der Waals surface area contributed by atoms with E-state index in [0.29, 0.717) is 19.9 Å². The van der Waals surface area contributed by atoms with Crippen molar-refractivity contribution >= 4 is 50.5 Å². The minimum Gasteiger partial charge on any atom is -0.415 e. The van der Waals surface area contributed by atoms with E-state index in [-0.39, 0.29) is 37.9 Å². The number of alkyl halides is 3. The van der Waals surface area contributed by atoms with Gasteiger partial charge in [-0.15, -0.1) is 21.5 Å². The smallest absolute Gasteiger partial charge is 0.404 e. The van der Waals surface area contributed by atoms with Gasteiger partial charge in [0.1, 0.15) is 22.2 Å². The largest absolute Gasteiger partial charge is 0.415 e. The summed E-state index contributed by atoms with van der Waals surface area (Å²) in [6.07, 6.45) is -4.18. The Kier molecular flexibility index (Phi) is 9.04. The van der Waals surface area contributed by atoms with Crippen LogP contribution in [-0.2, 0) is 15.6 Å². The van der Waals surface area contributed by atoms with E-state index in [9.17, 15) is 31.5 Å². The van der Waals surface area contributed by atoms with Crippen LogP contribution < -0.4 is 4.72 Å². The van der Waals surface area contributed by atoms with E-state index in [4.69, 9.17) is 27.6 Å². The maximum absolute atomic E-state index is 13.3. The molecule has 17 heteroatoms. The summed E-state index contributed by atoms with van der Waals surface area (Å²) >= 11 is 13.6. The second-order valence-corrected chi connectivity index (χ2v) is 12.5. The third kappa shape index (κ3) is 6.72. The number of aromatic nitrogens is 3. The van der Waals surface area contributed by atoms with E-state index in [1.54, 1.807) is 7.05 Å². The molecule has 3 aromatic rings. The summed E-state index contributed by atoms with van der Waals surface area (Å²) in [6, 6.07) is -0.190. The molecule has 0 fully saturated rings. The fourth-order valence-electron chi connectivity index (χ4n) is 3.19. The first-order valence-corrected chi connectivity index (χ1v) is 14.3. The van der Waals surface area contributed by atoms with Crippen molar-refractivity contribution in [1.82, 2.24) is 24.8 Å². The summed E-state index contributed by atoms with van der Waals surface area (Å²) in [4.78, 5) is 18.5. The van der Waals surface area contributed by atoms with Crippen molar-refractivity contribution < 1.29 is 35.9 Å². The molecule has 2 heterocycles. The Bertz CT molecular complexity index is 1490. The number of amides is 1. The van der Waals surface area contributed by atoms with Crippen LogP contribution in [0.3, 0.4) is 0 Å². The average Bonchev–Trinajstić information content (AvgIpc) is 3.47. The van der Waals surface area contributed by atoms with Crippen LogP contribution in [0.2, 0.25) is 10.0 Å². The van der Waals surface area contributed by atoms with Crippen LogP contribution >= 0.6 is 34.5 Å². The van der Waals surface area contributed by atoms with E-state index in [1.807, 2.05) is 6.92 Å². The molecule has 39 heavy (non-hydrogen) atoms. The van der Waals surface area contributed by atoms with Crippen LogP contribution in [0.25, 0.3) is 21.3 Å². The van der Waals surface area contributed by atoms with Gasteiger partial charge in [-0.2, -0.15) is 17.9 Å². The third-order valence-corrected chi connectivity index (χ3v) is 8.92. The number of hydrogen-bond acceptors (Lipinski definition) is 9. The number of nitrogens with zero attached hydrogens (tertiary/aromatic N) is 4. The molecule has 2 aromatic heterocycles. The molecule has 10 nitrogen and oxygen atoms in total. The molecule has 1 unspecified atom stereocenters. The summed E-state index contributed by atoms with van der Waals surface area (Å²) in [5.41, 5.74) is -1.42. The number of carbonyl (C=O) groups is 1. The summed E-state index contributed by atoms with van der Waals surface area (Å²) in [5.74, 6) is -0.690. The summed E-state index contributed by atoms with van der Waals surface area (Å²) in [7, 11) is -3.16. The molecule has 0 aliphatic carbocycles. The zero-order valence-corrected chi connectivity index (χ0v) is 24.4. The highest BCUT2D eigenvalue weighted by atomic mass is 35.5. The van der Waals surface area contributed by atoms with Crippen molar-refractivity contribution in [2.75, 3.05) is 13.6 Å². The first-order chi connectivity index (χ1) is 17.9. The first kappa shape index (κ1) is 31.2. The van der Waals surface area contributed by atoms with Crippen molar-refractivity contribution in [3.05, 3.63) is 33.8 Å². The molecule has 0 bridgehead atoms. The SMILES string of the molecule is CCCN(C)C(=O)c1nc(-c2nnc(C(C)(C)O)o2)sc1-c1ccc(S(=O)(=O)NC(C)C(F)(F)F)c(Cl)c1Cl. The van der Waals surface area contributed by atoms with Gasteiger partial charge in [0.05, 0.1) is 14.9 Å². The molecule has 3 rings (SSSR count). The van der Waals surface area contributed by atoms with Gasteiger partial charge in [-0.05, 0) is 33.3 Å². The van der Waals surface area contributed by atoms with E-state index in [0.717, 1.165) is 17.4 Å². The topological polar surface area (TPSA) is 139 Å². The molecule has 0 radical (unpaired) electrons. The molecule has 0 aliphatic heterocycles. The lowest BCUT2D eigenvalue weighted by molar-refractivity contribution is -0.147. The first-order valence-electron chi connectivity index (χ1n) is 11.3. The highest BCUT2D eigenvalue weighted by molar-refractivity contribution is 7.89. The van der Waals surface area contributed by atoms with Gasteiger partial charge >= 0.3 is 6.18 Å². The van der Waals surface area contributed by atoms with Crippen LogP contribution in [0.15, 0.2) is 21.4 Å². The minimum absolute atomic E-state index is 0.0775. The van der Waals surface area contributed by atoms with Crippen molar-refractivity contribution in [2.24, 2.45) is 0 Å². The highest BCUT2D eigenvalue weighted by Gasteiger charge is 2.39. The van der Waals surface area contributed by atoms with Crippen molar-refractivity contribution in [1.29, 1.82) is 0 Å². The molecule has 1 aromatic carbocycles. The Labute approximate surface area is 236 Å². The number of nitrogens with one attached hydrogen (secondary N) is 1. The van der Waals surface area contributed by atoms with Gasteiger partial charge in [-0.3, -0.25) is 4.79 Å². The molecule has 1 amide bonds. The summed E-state index contributed by atoms with van der Waals surface area (Å²) < 4.78 is 71.2.